The van der Waals surface area contributed by atoms with E-state index < -0.39 is 23.6 Å². The van der Waals surface area contributed by atoms with E-state index in [9.17, 15) is 14.4 Å². The Bertz CT molecular complexity index is 559. The molecule has 7 heteroatoms. The number of ether oxygens (including phenoxy) is 2. The van der Waals surface area contributed by atoms with Crippen LogP contribution in [0.15, 0.2) is 24.3 Å². The van der Waals surface area contributed by atoms with Gasteiger partial charge in [0.1, 0.15) is 18.8 Å². The van der Waals surface area contributed by atoms with Crippen LogP contribution in [0.4, 0.5) is 4.79 Å². The Morgan fingerprint density at radius 1 is 1.09 bits per heavy atom. The van der Waals surface area contributed by atoms with Crippen LogP contribution in [-0.4, -0.2) is 35.3 Å². The molecule has 2 N–H and O–H groups in total. The molecule has 0 radical (unpaired) electrons. The van der Waals surface area contributed by atoms with Crippen molar-refractivity contribution in [2.75, 3.05) is 6.54 Å². The number of alkyl carbamates (subject to hydrolysis) is 1. The average Bonchev–Trinajstić information content (AvgIpc) is 2.42. The molecule has 126 valence electrons. The van der Waals surface area contributed by atoms with Crippen molar-refractivity contribution in [3.05, 3.63) is 35.4 Å². The molecule has 0 aliphatic heterocycles. The predicted molar refractivity (Wildman–Crippen MR) is 81.8 cm³/mol. The maximum atomic E-state index is 11.5. The summed E-state index contributed by atoms with van der Waals surface area (Å²) < 4.78 is 9.99. The van der Waals surface area contributed by atoms with Crippen molar-refractivity contribution in [3.8, 4) is 0 Å². The molecule has 0 aliphatic rings. The monoisotopic (exact) mass is 323 g/mol. The van der Waals surface area contributed by atoms with Crippen molar-refractivity contribution in [1.82, 2.24) is 5.32 Å². The van der Waals surface area contributed by atoms with Crippen molar-refractivity contribution >= 4 is 18.0 Å². The predicted octanol–water partition coefficient (Wildman–Crippen LogP) is 1.88. The van der Waals surface area contributed by atoms with Crippen LogP contribution in [0.25, 0.3) is 0 Å². The van der Waals surface area contributed by atoms with E-state index in [4.69, 9.17) is 14.6 Å². The molecule has 7 nitrogen and oxygen atoms in total. The third kappa shape index (κ3) is 8.45. The summed E-state index contributed by atoms with van der Waals surface area (Å²) in [5.41, 5.74) is 0.759. The van der Waals surface area contributed by atoms with Crippen LogP contribution in [-0.2, 0) is 32.1 Å². The molecule has 0 spiro atoms. The first kappa shape index (κ1) is 18.5. The molecule has 0 fully saturated rings. The number of hydrogen-bond acceptors (Lipinski definition) is 5. The molecule has 23 heavy (non-hydrogen) atoms. The lowest BCUT2D eigenvalue weighted by atomic mass is 10.1. The van der Waals surface area contributed by atoms with Crippen molar-refractivity contribution in [1.29, 1.82) is 0 Å². The lowest BCUT2D eigenvalue weighted by Crippen LogP contribution is -2.36. The zero-order chi connectivity index (χ0) is 17.5. The number of esters is 1. The minimum absolute atomic E-state index is 0.0438. The third-order valence-electron chi connectivity index (χ3n) is 2.55. The number of carbonyl (C=O) groups is 3. The molecule has 0 heterocycles. The molecule has 0 bridgehead atoms. The largest absolute Gasteiger partial charge is 0.481 e. The number of amides is 1. The van der Waals surface area contributed by atoms with E-state index in [-0.39, 0.29) is 19.6 Å². The zero-order valence-corrected chi connectivity index (χ0v) is 13.4. The summed E-state index contributed by atoms with van der Waals surface area (Å²) in [6.07, 6.45) is -0.743. The Hall–Kier alpha value is -2.57. The minimum atomic E-state index is -0.905. The SMILES string of the molecule is CC(C)(C)OC(=O)NCC(=O)OCc1ccc(CC(=O)O)cc1. The second-order valence-corrected chi connectivity index (χ2v) is 5.90. The van der Waals surface area contributed by atoms with Gasteiger partial charge >= 0.3 is 18.0 Å². The van der Waals surface area contributed by atoms with E-state index in [1.807, 2.05) is 0 Å². The number of nitrogens with one attached hydrogen (secondary N) is 1. The Morgan fingerprint density at radius 2 is 1.65 bits per heavy atom. The van der Waals surface area contributed by atoms with Crippen molar-refractivity contribution < 1.29 is 29.0 Å². The van der Waals surface area contributed by atoms with Gasteiger partial charge < -0.3 is 19.9 Å². The van der Waals surface area contributed by atoms with Crippen molar-refractivity contribution in [2.45, 2.75) is 39.4 Å². The number of hydrogen-bond donors (Lipinski definition) is 2. The molecule has 0 unspecified atom stereocenters. The number of aliphatic carboxylic acids is 1. The molecule has 0 aliphatic carbocycles. The van der Waals surface area contributed by atoms with Crippen LogP contribution in [0.1, 0.15) is 31.9 Å². The zero-order valence-electron chi connectivity index (χ0n) is 13.4. The molecule has 1 aromatic rings. The lowest BCUT2D eigenvalue weighted by molar-refractivity contribution is -0.143. The number of carboxylic acids is 1. The number of carboxylic acid groups (broad SMARTS) is 1. The highest BCUT2D eigenvalue weighted by Gasteiger charge is 2.16. The first-order chi connectivity index (χ1) is 10.7. The van der Waals surface area contributed by atoms with Gasteiger partial charge in [-0.25, -0.2) is 4.79 Å². The second kappa shape index (κ2) is 8.17. The summed E-state index contributed by atoms with van der Waals surface area (Å²) in [5.74, 6) is -1.50. The van der Waals surface area contributed by atoms with Crippen LogP contribution in [0.5, 0.6) is 0 Å². The minimum Gasteiger partial charge on any atom is -0.481 e. The van der Waals surface area contributed by atoms with Gasteiger partial charge in [0.15, 0.2) is 0 Å². The molecular weight excluding hydrogens is 302 g/mol. The number of rotatable bonds is 6. The van der Waals surface area contributed by atoms with Crippen LogP contribution < -0.4 is 5.32 Å². The van der Waals surface area contributed by atoms with Crippen LogP contribution >= 0.6 is 0 Å². The lowest BCUT2D eigenvalue weighted by Gasteiger charge is -2.19. The molecule has 0 saturated heterocycles. The second-order valence-electron chi connectivity index (χ2n) is 5.90. The van der Waals surface area contributed by atoms with Gasteiger partial charge in [0.2, 0.25) is 0 Å². The van der Waals surface area contributed by atoms with E-state index in [1.54, 1.807) is 45.0 Å². The van der Waals surface area contributed by atoms with Crippen molar-refractivity contribution in [3.63, 3.8) is 0 Å². The van der Waals surface area contributed by atoms with Gasteiger partial charge in [0, 0.05) is 0 Å². The molecule has 0 saturated carbocycles. The molecule has 1 rings (SSSR count). The third-order valence-corrected chi connectivity index (χ3v) is 2.55. The molecule has 1 amide bonds. The van der Waals surface area contributed by atoms with Gasteiger partial charge in [-0.2, -0.15) is 0 Å². The van der Waals surface area contributed by atoms with E-state index in [1.165, 1.54) is 0 Å². The summed E-state index contributed by atoms with van der Waals surface area (Å²) >= 11 is 0. The van der Waals surface area contributed by atoms with Gasteiger partial charge in [0.25, 0.3) is 0 Å². The maximum absolute atomic E-state index is 11.5. The Morgan fingerprint density at radius 3 is 2.17 bits per heavy atom. The normalized spacial score (nSPS) is 10.7. The summed E-state index contributed by atoms with van der Waals surface area (Å²) in [5, 5.41) is 11.0. The van der Waals surface area contributed by atoms with Crippen LogP contribution in [0.3, 0.4) is 0 Å². The van der Waals surface area contributed by atoms with Crippen LogP contribution in [0, 0.1) is 0 Å². The van der Waals surface area contributed by atoms with Crippen LogP contribution in [0.2, 0.25) is 0 Å². The highest BCUT2D eigenvalue weighted by Crippen LogP contribution is 2.07. The Kier molecular flexibility index (Phi) is 6.56. The topological polar surface area (TPSA) is 102 Å². The maximum Gasteiger partial charge on any atom is 0.408 e. The molecular formula is C16H21NO6. The highest BCUT2D eigenvalue weighted by molar-refractivity contribution is 5.78. The smallest absolute Gasteiger partial charge is 0.408 e. The highest BCUT2D eigenvalue weighted by atomic mass is 16.6. The van der Waals surface area contributed by atoms with E-state index in [2.05, 4.69) is 5.32 Å². The summed E-state index contributed by atoms with van der Waals surface area (Å²) in [6.45, 7) is 4.92. The van der Waals surface area contributed by atoms with Gasteiger partial charge in [-0.1, -0.05) is 24.3 Å². The summed E-state index contributed by atoms with van der Waals surface area (Å²) in [7, 11) is 0. The first-order valence-corrected chi connectivity index (χ1v) is 7.08. The van der Waals surface area contributed by atoms with E-state index in [0.29, 0.717) is 5.56 Å². The quantitative estimate of drug-likeness (QED) is 0.775. The van der Waals surface area contributed by atoms with Crippen molar-refractivity contribution in [2.24, 2.45) is 0 Å². The fourth-order valence-corrected chi connectivity index (χ4v) is 1.60. The average molecular weight is 323 g/mol. The van der Waals surface area contributed by atoms with Gasteiger partial charge in [0.05, 0.1) is 6.42 Å². The molecule has 1 aromatic carbocycles. The van der Waals surface area contributed by atoms with E-state index in [0.717, 1.165) is 5.56 Å². The fraction of sp³-hybridized carbons (Fsp3) is 0.438. The standard InChI is InChI=1S/C16H21NO6/c1-16(2,3)23-15(21)17-9-14(20)22-10-12-6-4-11(5-7-12)8-13(18)19/h4-7H,8-10H2,1-3H3,(H,17,21)(H,18,19). The Labute approximate surface area is 134 Å². The van der Waals surface area contributed by atoms with Gasteiger partial charge in [-0.15, -0.1) is 0 Å². The van der Waals surface area contributed by atoms with Gasteiger partial charge in [-0.3, -0.25) is 9.59 Å². The fourth-order valence-electron chi connectivity index (χ4n) is 1.60. The summed E-state index contributed by atoms with van der Waals surface area (Å²) in [6, 6.07) is 6.70. The van der Waals surface area contributed by atoms with E-state index >= 15 is 0 Å². The Balaban J connectivity index is 2.33. The summed E-state index contributed by atoms with van der Waals surface area (Å²) in [4.78, 5) is 33.5. The van der Waals surface area contributed by atoms with Gasteiger partial charge in [-0.05, 0) is 31.9 Å². The molecule has 0 aromatic heterocycles. The number of benzene rings is 1. The molecule has 0 atom stereocenters. The number of carbonyl (C=O) groups excluding carboxylic acids is 2. The first-order valence-electron chi connectivity index (χ1n) is 7.08.